The van der Waals surface area contributed by atoms with Crippen molar-refractivity contribution in [1.29, 1.82) is 0 Å². The summed E-state index contributed by atoms with van der Waals surface area (Å²) in [5.41, 5.74) is 3.47. The number of halogens is 2. The first-order valence-corrected chi connectivity index (χ1v) is 10.9. The zero-order valence-electron chi connectivity index (χ0n) is 17.5. The highest BCUT2D eigenvalue weighted by Crippen LogP contribution is 2.31. The van der Waals surface area contributed by atoms with Crippen LogP contribution in [0.1, 0.15) is 5.69 Å². The van der Waals surface area contributed by atoms with Crippen LogP contribution in [0.4, 0.5) is 5.69 Å². The molecule has 1 aliphatic rings. The van der Waals surface area contributed by atoms with Gasteiger partial charge in [0.2, 0.25) is 5.91 Å². The number of hydrogen-bond donors (Lipinski definition) is 0. The van der Waals surface area contributed by atoms with E-state index in [0.29, 0.717) is 34.6 Å². The Morgan fingerprint density at radius 2 is 1.77 bits per heavy atom. The van der Waals surface area contributed by atoms with Crippen LogP contribution in [0, 0.1) is 6.92 Å². The van der Waals surface area contributed by atoms with Crippen LogP contribution in [0.2, 0.25) is 10.0 Å². The number of anilines is 1. The highest BCUT2D eigenvalue weighted by atomic mass is 35.5. The molecule has 1 amide bonds. The van der Waals surface area contributed by atoms with Crippen molar-refractivity contribution in [3.8, 4) is 17.0 Å². The van der Waals surface area contributed by atoms with Gasteiger partial charge in [-0.25, -0.2) is 0 Å². The summed E-state index contributed by atoms with van der Waals surface area (Å²) in [4.78, 5) is 17.0. The van der Waals surface area contributed by atoms with Crippen LogP contribution in [0.5, 0.6) is 5.75 Å². The SMILES string of the molecule is COc1cc(N2CCN(C(=O)Cn3nc(-c4ccccc4)c(Cl)c3C)CC2)ccc1Cl. The predicted octanol–water partition coefficient (Wildman–Crippen LogP) is 4.52. The number of rotatable bonds is 5. The highest BCUT2D eigenvalue weighted by molar-refractivity contribution is 6.33. The number of hydrogen-bond acceptors (Lipinski definition) is 4. The molecule has 0 spiro atoms. The Kier molecular flexibility index (Phi) is 6.39. The number of nitrogens with zero attached hydrogens (tertiary/aromatic N) is 4. The molecule has 3 aromatic rings. The van der Waals surface area contributed by atoms with Gasteiger partial charge >= 0.3 is 0 Å². The first-order valence-electron chi connectivity index (χ1n) is 10.1. The van der Waals surface area contributed by atoms with Crippen molar-refractivity contribution < 1.29 is 9.53 Å². The van der Waals surface area contributed by atoms with Crippen molar-refractivity contribution in [2.24, 2.45) is 0 Å². The third-order valence-electron chi connectivity index (χ3n) is 5.60. The van der Waals surface area contributed by atoms with Crippen molar-refractivity contribution in [1.82, 2.24) is 14.7 Å². The van der Waals surface area contributed by atoms with Crippen LogP contribution < -0.4 is 9.64 Å². The van der Waals surface area contributed by atoms with E-state index in [0.717, 1.165) is 30.0 Å². The number of carbonyl (C=O) groups excluding carboxylic acids is 1. The standard InChI is InChI=1S/C23H24Cl2N4O2/c1-16-22(25)23(17-6-4-3-5-7-17)26-29(16)15-21(30)28-12-10-27(11-13-28)18-8-9-19(24)20(14-18)31-2/h3-9,14H,10-13,15H2,1-2H3. The monoisotopic (exact) mass is 458 g/mol. The van der Waals surface area contributed by atoms with Crippen LogP contribution in [0.25, 0.3) is 11.3 Å². The quantitative estimate of drug-likeness (QED) is 0.563. The predicted molar refractivity (Wildman–Crippen MR) is 124 cm³/mol. The molecule has 8 heteroatoms. The summed E-state index contributed by atoms with van der Waals surface area (Å²) in [5, 5.41) is 5.77. The van der Waals surface area contributed by atoms with E-state index in [1.165, 1.54) is 0 Å². The van der Waals surface area contributed by atoms with Crippen LogP contribution in [0.15, 0.2) is 48.5 Å². The van der Waals surface area contributed by atoms with E-state index < -0.39 is 0 Å². The van der Waals surface area contributed by atoms with Gasteiger partial charge in [0, 0.05) is 43.5 Å². The summed E-state index contributed by atoms with van der Waals surface area (Å²) in [7, 11) is 1.61. The lowest BCUT2D eigenvalue weighted by Crippen LogP contribution is -2.49. The number of piperazine rings is 1. The first kappa shape index (κ1) is 21.5. The fourth-order valence-electron chi connectivity index (χ4n) is 3.75. The summed E-state index contributed by atoms with van der Waals surface area (Å²) >= 11 is 12.6. The molecule has 1 aromatic heterocycles. The van der Waals surface area contributed by atoms with Crippen molar-refractivity contribution >= 4 is 34.8 Å². The van der Waals surface area contributed by atoms with E-state index in [2.05, 4.69) is 10.00 Å². The fraction of sp³-hybridized carbons (Fsp3) is 0.304. The third kappa shape index (κ3) is 4.50. The van der Waals surface area contributed by atoms with Crippen LogP contribution in [-0.4, -0.2) is 53.9 Å². The Balaban J connectivity index is 1.41. The number of carbonyl (C=O) groups is 1. The Hall–Kier alpha value is -2.70. The second kappa shape index (κ2) is 9.20. The molecule has 1 aliphatic heterocycles. The third-order valence-corrected chi connectivity index (χ3v) is 6.36. The van der Waals surface area contributed by atoms with Gasteiger partial charge in [0.1, 0.15) is 18.0 Å². The van der Waals surface area contributed by atoms with Gasteiger partial charge in [-0.3, -0.25) is 9.48 Å². The second-order valence-corrected chi connectivity index (χ2v) is 8.24. The van der Waals surface area contributed by atoms with E-state index in [4.69, 9.17) is 27.9 Å². The van der Waals surface area contributed by atoms with E-state index in [1.54, 1.807) is 11.8 Å². The minimum Gasteiger partial charge on any atom is -0.495 e. The van der Waals surface area contributed by atoms with E-state index >= 15 is 0 Å². The van der Waals surface area contributed by atoms with Crippen molar-refractivity contribution in [3.63, 3.8) is 0 Å². The summed E-state index contributed by atoms with van der Waals surface area (Å²) in [6.07, 6.45) is 0. The normalized spacial score (nSPS) is 14.1. The molecule has 1 fully saturated rings. The number of aromatic nitrogens is 2. The van der Waals surface area contributed by atoms with E-state index in [9.17, 15) is 4.79 Å². The number of amides is 1. The first-order chi connectivity index (χ1) is 15.0. The Morgan fingerprint density at radius 1 is 1.06 bits per heavy atom. The molecule has 162 valence electrons. The van der Waals surface area contributed by atoms with Gasteiger partial charge in [-0.05, 0) is 19.1 Å². The second-order valence-electron chi connectivity index (χ2n) is 7.46. The molecule has 2 aromatic carbocycles. The maximum Gasteiger partial charge on any atom is 0.244 e. The maximum absolute atomic E-state index is 12.9. The molecule has 31 heavy (non-hydrogen) atoms. The van der Waals surface area contributed by atoms with Gasteiger partial charge < -0.3 is 14.5 Å². The minimum absolute atomic E-state index is 0.0372. The molecule has 0 aliphatic carbocycles. The molecule has 0 unspecified atom stereocenters. The summed E-state index contributed by atoms with van der Waals surface area (Å²) in [5.74, 6) is 0.688. The molecular formula is C23H24Cl2N4O2. The van der Waals surface area contributed by atoms with Gasteiger partial charge in [0.25, 0.3) is 0 Å². The Labute approximate surface area is 191 Å². The molecule has 1 saturated heterocycles. The number of benzene rings is 2. The lowest BCUT2D eigenvalue weighted by atomic mass is 10.1. The van der Waals surface area contributed by atoms with Crippen molar-refractivity contribution in [2.75, 3.05) is 38.2 Å². The Morgan fingerprint density at radius 3 is 2.45 bits per heavy atom. The van der Waals surface area contributed by atoms with Gasteiger partial charge in [0.15, 0.2) is 0 Å². The molecule has 2 heterocycles. The van der Waals surface area contributed by atoms with Crippen molar-refractivity contribution in [3.05, 3.63) is 64.3 Å². The molecule has 0 bridgehead atoms. The number of ether oxygens (including phenoxy) is 1. The average Bonchev–Trinajstić information content (AvgIpc) is 3.08. The van der Waals surface area contributed by atoms with Crippen LogP contribution >= 0.6 is 23.2 Å². The summed E-state index contributed by atoms with van der Waals surface area (Å²) in [6.45, 7) is 4.83. The molecule has 0 atom stereocenters. The smallest absolute Gasteiger partial charge is 0.244 e. The zero-order valence-corrected chi connectivity index (χ0v) is 19.0. The van der Waals surface area contributed by atoms with Gasteiger partial charge in [-0.2, -0.15) is 5.10 Å². The fourth-order valence-corrected chi connectivity index (χ4v) is 4.19. The summed E-state index contributed by atoms with van der Waals surface area (Å²) in [6, 6.07) is 15.5. The maximum atomic E-state index is 12.9. The molecule has 0 N–H and O–H groups in total. The Bertz CT molecular complexity index is 1080. The van der Waals surface area contributed by atoms with Gasteiger partial charge in [-0.1, -0.05) is 53.5 Å². The van der Waals surface area contributed by atoms with Gasteiger partial charge in [-0.15, -0.1) is 0 Å². The molecule has 0 saturated carbocycles. The average molecular weight is 459 g/mol. The van der Waals surface area contributed by atoms with Crippen LogP contribution in [-0.2, 0) is 11.3 Å². The van der Waals surface area contributed by atoms with E-state index in [-0.39, 0.29) is 12.5 Å². The molecule has 4 rings (SSSR count). The number of methoxy groups -OCH3 is 1. The highest BCUT2D eigenvalue weighted by Gasteiger charge is 2.24. The van der Waals surface area contributed by atoms with Gasteiger partial charge in [0.05, 0.1) is 22.8 Å². The lowest BCUT2D eigenvalue weighted by Gasteiger charge is -2.36. The molecule has 6 nitrogen and oxygen atoms in total. The molecule has 0 radical (unpaired) electrons. The summed E-state index contributed by atoms with van der Waals surface area (Å²) < 4.78 is 7.01. The van der Waals surface area contributed by atoms with Crippen LogP contribution in [0.3, 0.4) is 0 Å². The lowest BCUT2D eigenvalue weighted by molar-refractivity contribution is -0.132. The topological polar surface area (TPSA) is 50.6 Å². The zero-order chi connectivity index (χ0) is 22.0. The molecular weight excluding hydrogens is 435 g/mol. The van der Waals surface area contributed by atoms with Crippen molar-refractivity contribution in [2.45, 2.75) is 13.5 Å². The largest absolute Gasteiger partial charge is 0.495 e. The van der Waals surface area contributed by atoms with E-state index in [1.807, 2.05) is 60.4 Å². The minimum atomic E-state index is 0.0372.